The minimum atomic E-state index is -0.962. The maximum atomic E-state index is 11.4. The largest absolute Gasteiger partial charge is 0.478 e. The van der Waals surface area contributed by atoms with Gasteiger partial charge in [0.15, 0.2) is 0 Å². The van der Waals surface area contributed by atoms with E-state index < -0.39 is 5.97 Å². The van der Waals surface area contributed by atoms with Crippen LogP contribution in [0.4, 0.5) is 0 Å². The fourth-order valence-corrected chi connectivity index (χ4v) is 3.10. The van der Waals surface area contributed by atoms with Gasteiger partial charge in [0.25, 0.3) is 0 Å². The summed E-state index contributed by atoms with van der Waals surface area (Å²) in [6.45, 7) is 0.920. The maximum Gasteiger partial charge on any atom is 0.340 e. The molecule has 3 rings (SSSR count). The van der Waals surface area contributed by atoms with Crippen LogP contribution in [-0.2, 0) is 11.3 Å². The molecule has 1 saturated carbocycles. The lowest BCUT2D eigenvalue weighted by Crippen LogP contribution is -2.13. The molecule has 0 radical (unpaired) electrons. The molecule has 1 heterocycles. The van der Waals surface area contributed by atoms with Gasteiger partial charge < -0.3 is 14.3 Å². The van der Waals surface area contributed by atoms with Crippen molar-refractivity contribution in [1.29, 1.82) is 0 Å². The highest BCUT2D eigenvalue weighted by atomic mass is 16.5. The lowest BCUT2D eigenvalue weighted by molar-refractivity contribution is 0.0596. The van der Waals surface area contributed by atoms with Gasteiger partial charge in [-0.1, -0.05) is 37.5 Å². The first-order valence-corrected chi connectivity index (χ1v) is 7.57. The van der Waals surface area contributed by atoms with E-state index in [1.54, 1.807) is 12.1 Å². The molecule has 4 heteroatoms. The van der Waals surface area contributed by atoms with E-state index in [0.717, 1.165) is 0 Å². The van der Waals surface area contributed by atoms with Crippen LogP contribution in [0.15, 0.2) is 28.7 Å². The summed E-state index contributed by atoms with van der Waals surface area (Å²) in [6.07, 6.45) is 6.30. The highest BCUT2D eigenvalue weighted by molar-refractivity contribution is 6.03. The lowest BCUT2D eigenvalue weighted by atomic mass is 9.90. The molecule has 0 bridgehead atoms. The number of carbonyl (C=O) groups is 1. The van der Waals surface area contributed by atoms with E-state index in [1.165, 1.54) is 32.1 Å². The summed E-state index contributed by atoms with van der Waals surface area (Å²) >= 11 is 0. The minimum Gasteiger partial charge on any atom is -0.478 e. The number of aromatic carboxylic acids is 1. The third-order valence-corrected chi connectivity index (χ3v) is 4.19. The fourth-order valence-electron chi connectivity index (χ4n) is 3.10. The van der Waals surface area contributed by atoms with Crippen molar-refractivity contribution in [3.8, 4) is 0 Å². The summed E-state index contributed by atoms with van der Waals surface area (Å²) in [5, 5.41) is 10.0. The fraction of sp³-hybridized carbons (Fsp3) is 0.471. The quantitative estimate of drug-likeness (QED) is 0.894. The van der Waals surface area contributed by atoms with Gasteiger partial charge >= 0.3 is 5.97 Å². The summed E-state index contributed by atoms with van der Waals surface area (Å²) < 4.78 is 11.4. The Balaban J connectivity index is 1.71. The molecular weight excluding hydrogens is 268 g/mol. The van der Waals surface area contributed by atoms with Crippen LogP contribution >= 0.6 is 0 Å². The number of hydrogen-bond acceptors (Lipinski definition) is 3. The molecule has 4 nitrogen and oxygen atoms in total. The average molecular weight is 288 g/mol. The van der Waals surface area contributed by atoms with Crippen molar-refractivity contribution in [3.05, 3.63) is 35.6 Å². The Bertz CT molecular complexity index is 623. The van der Waals surface area contributed by atoms with Crippen LogP contribution in [0.5, 0.6) is 0 Å². The second kappa shape index (κ2) is 6.31. The first kappa shape index (κ1) is 14.1. The van der Waals surface area contributed by atoms with Crippen molar-refractivity contribution in [3.63, 3.8) is 0 Å². The molecule has 1 aromatic carbocycles. The van der Waals surface area contributed by atoms with E-state index in [-0.39, 0.29) is 12.2 Å². The first-order valence-electron chi connectivity index (χ1n) is 7.57. The van der Waals surface area contributed by atoms with Crippen molar-refractivity contribution >= 4 is 16.9 Å². The molecule has 0 aliphatic heterocycles. The second-order valence-corrected chi connectivity index (χ2v) is 5.72. The van der Waals surface area contributed by atoms with Crippen molar-refractivity contribution in [2.75, 3.05) is 6.61 Å². The van der Waals surface area contributed by atoms with Crippen molar-refractivity contribution in [2.24, 2.45) is 5.92 Å². The highest BCUT2D eigenvalue weighted by Gasteiger charge is 2.20. The summed E-state index contributed by atoms with van der Waals surface area (Å²) in [6, 6.07) is 7.21. The Morgan fingerprint density at radius 1 is 1.24 bits per heavy atom. The topological polar surface area (TPSA) is 59.7 Å². The van der Waals surface area contributed by atoms with E-state index in [4.69, 9.17) is 9.15 Å². The van der Waals surface area contributed by atoms with Gasteiger partial charge in [-0.05, 0) is 24.8 Å². The number of fused-ring (bicyclic) bond motifs is 1. The van der Waals surface area contributed by atoms with E-state index >= 15 is 0 Å². The summed E-state index contributed by atoms with van der Waals surface area (Å²) in [4.78, 5) is 11.4. The van der Waals surface area contributed by atoms with Crippen molar-refractivity contribution < 1.29 is 19.1 Å². The lowest BCUT2D eigenvalue weighted by Gasteiger charge is -2.20. The highest BCUT2D eigenvalue weighted by Crippen LogP contribution is 2.28. The molecule has 21 heavy (non-hydrogen) atoms. The van der Waals surface area contributed by atoms with Gasteiger partial charge in [-0.25, -0.2) is 4.79 Å². The molecular formula is C17H20O4. The Morgan fingerprint density at radius 2 is 2.00 bits per heavy atom. The third kappa shape index (κ3) is 3.10. The van der Waals surface area contributed by atoms with Crippen LogP contribution in [0, 0.1) is 5.92 Å². The van der Waals surface area contributed by atoms with Crippen LogP contribution in [-0.4, -0.2) is 17.7 Å². The summed E-state index contributed by atoms with van der Waals surface area (Å²) in [5.74, 6) is 0.0622. The van der Waals surface area contributed by atoms with E-state index in [0.29, 0.717) is 29.3 Å². The average Bonchev–Trinajstić information content (AvgIpc) is 2.86. The van der Waals surface area contributed by atoms with Crippen LogP contribution in [0.3, 0.4) is 0 Å². The van der Waals surface area contributed by atoms with Crippen LogP contribution in [0.25, 0.3) is 11.0 Å². The van der Waals surface area contributed by atoms with Crippen molar-refractivity contribution in [1.82, 2.24) is 0 Å². The van der Waals surface area contributed by atoms with Crippen LogP contribution in [0.2, 0.25) is 0 Å². The molecule has 1 fully saturated rings. The number of hydrogen-bond donors (Lipinski definition) is 1. The second-order valence-electron chi connectivity index (χ2n) is 5.72. The first-order chi connectivity index (χ1) is 10.3. The molecule has 1 aliphatic rings. The minimum absolute atomic E-state index is 0.229. The Labute approximate surface area is 123 Å². The van der Waals surface area contributed by atoms with Crippen LogP contribution < -0.4 is 0 Å². The number of para-hydroxylation sites is 1. The number of benzene rings is 1. The third-order valence-electron chi connectivity index (χ3n) is 4.19. The molecule has 112 valence electrons. The summed E-state index contributed by atoms with van der Waals surface area (Å²) in [7, 11) is 0. The zero-order valence-corrected chi connectivity index (χ0v) is 12.0. The van der Waals surface area contributed by atoms with E-state index in [9.17, 15) is 9.90 Å². The van der Waals surface area contributed by atoms with Crippen LogP contribution in [0.1, 0.15) is 48.2 Å². The molecule has 0 atom stereocenters. The Hall–Kier alpha value is -1.81. The Kier molecular flexibility index (Phi) is 4.25. The molecule has 1 aromatic heterocycles. The van der Waals surface area contributed by atoms with Gasteiger partial charge in [0.05, 0.1) is 0 Å². The van der Waals surface area contributed by atoms with Gasteiger partial charge in [-0.3, -0.25) is 0 Å². The molecule has 0 unspecified atom stereocenters. The number of furan rings is 1. The Morgan fingerprint density at radius 3 is 2.76 bits per heavy atom. The number of rotatable bonds is 5. The smallest absolute Gasteiger partial charge is 0.340 e. The van der Waals surface area contributed by atoms with Crippen molar-refractivity contribution in [2.45, 2.75) is 38.7 Å². The number of ether oxygens (including phenoxy) is 1. The molecule has 1 N–H and O–H groups in total. The summed E-state index contributed by atoms with van der Waals surface area (Å²) in [5.41, 5.74) is 0.834. The standard InChI is InChI=1S/C17H20O4/c18-17(19)16-13-8-4-5-9-14(13)21-15(16)11-20-10-12-6-2-1-3-7-12/h4-5,8-9,12H,1-3,6-7,10-11H2,(H,18,19). The van der Waals surface area contributed by atoms with Gasteiger partial charge in [0, 0.05) is 12.0 Å². The van der Waals surface area contributed by atoms with Gasteiger partial charge in [0.1, 0.15) is 23.5 Å². The maximum absolute atomic E-state index is 11.4. The van der Waals surface area contributed by atoms with Gasteiger partial charge in [-0.15, -0.1) is 0 Å². The normalized spacial score (nSPS) is 16.4. The zero-order chi connectivity index (χ0) is 14.7. The SMILES string of the molecule is O=C(O)c1c(COCC2CCCCC2)oc2ccccc12. The number of carboxylic acid groups (broad SMARTS) is 1. The predicted octanol–water partition coefficient (Wildman–Crippen LogP) is 4.23. The molecule has 0 saturated heterocycles. The molecule has 1 aliphatic carbocycles. The van der Waals surface area contributed by atoms with E-state index in [2.05, 4.69) is 0 Å². The molecule has 0 amide bonds. The predicted molar refractivity (Wildman–Crippen MR) is 79.4 cm³/mol. The molecule has 0 spiro atoms. The van der Waals surface area contributed by atoms with Gasteiger partial charge in [-0.2, -0.15) is 0 Å². The van der Waals surface area contributed by atoms with Gasteiger partial charge in [0.2, 0.25) is 0 Å². The van der Waals surface area contributed by atoms with E-state index in [1.807, 2.05) is 12.1 Å². The molecule has 2 aromatic rings. The number of carboxylic acids is 1. The zero-order valence-electron chi connectivity index (χ0n) is 12.0. The monoisotopic (exact) mass is 288 g/mol.